The highest BCUT2D eigenvalue weighted by Crippen LogP contribution is 2.08. The lowest BCUT2D eigenvalue weighted by atomic mass is 10.1. The van der Waals surface area contributed by atoms with E-state index in [1.807, 2.05) is 12.1 Å². The Morgan fingerprint density at radius 1 is 1.20 bits per heavy atom. The van der Waals surface area contributed by atoms with Crippen LogP contribution in [0.15, 0.2) is 36.9 Å². The van der Waals surface area contributed by atoms with Crippen molar-refractivity contribution in [2.45, 2.75) is 6.42 Å². The summed E-state index contributed by atoms with van der Waals surface area (Å²) in [4.78, 5) is 10.5. The lowest BCUT2D eigenvalue weighted by Gasteiger charge is -2.01. The number of hydrogen-bond donors (Lipinski definition) is 1. The molecule has 0 saturated carbocycles. The second-order valence-corrected chi connectivity index (χ2v) is 3.11. The van der Waals surface area contributed by atoms with Gasteiger partial charge in [-0.15, -0.1) is 10.2 Å². The van der Waals surface area contributed by atoms with Crippen LogP contribution in [-0.4, -0.2) is 25.8 Å². The smallest absolute Gasteiger partial charge is 0.307 e. The number of carbonyl (C=O) groups is 1. The summed E-state index contributed by atoms with van der Waals surface area (Å²) in [5, 5.41) is 16.0. The molecule has 2 rings (SSSR count). The van der Waals surface area contributed by atoms with Gasteiger partial charge < -0.3 is 5.11 Å². The Bertz CT molecular complexity index is 448. The zero-order chi connectivity index (χ0) is 10.7. The minimum atomic E-state index is -0.827. The normalized spacial score (nSPS) is 10.1. The van der Waals surface area contributed by atoms with Crippen molar-refractivity contribution in [3.63, 3.8) is 0 Å². The van der Waals surface area contributed by atoms with Crippen molar-refractivity contribution in [1.29, 1.82) is 0 Å². The average molecular weight is 203 g/mol. The summed E-state index contributed by atoms with van der Waals surface area (Å²) in [5.74, 6) is -0.827. The summed E-state index contributed by atoms with van der Waals surface area (Å²) in [6.45, 7) is 0. The van der Waals surface area contributed by atoms with Crippen LogP contribution in [0.5, 0.6) is 0 Å². The van der Waals surface area contributed by atoms with Gasteiger partial charge in [-0.25, -0.2) is 0 Å². The Morgan fingerprint density at radius 2 is 1.80 bits per heavy atom. The first-order valence-corrected chi connectivity index (χ1v) is 4.41. The molecule has 0 amide bonds. The van der Waals surface area contributed by atoms with Crippen LogP contribution in [0.25, 0.3) is 5.69 Å². The molecule has 0 aliphatic rings. The molecule has 5 heteroatoms. The van der Waals surface area contributed by atoms with E-state index >= 15 is 0 Å². The van der Waals surface area contributed by atoms with Crippen LogP contribution in [0.4, 0.5) is 0 Å². The van der Waals surface area contributed by atoms with Gasteiger partial charge in [0.15, 0.2) is 0 Å². The molecule has 0 unspecified atom stereocenters. The van der Waals surface area contributed by atoms with Crippen molar-refractivity contribution in [2.75, 3.05) is 0 Å². The van der Waals surface area contributed by atoms with E-state index in [9.17, 15) is 4.79 Å². The van der Waals surface area contributed by atoms with Gasteiger partial charge >= 0.3 is 5.97 Å². The summed E-state index contributed by atoms with van der Waals surface area (Å²) in [6, 6.07) is 7.23. The molecule has 76 valence electrons. The number of aliphatic carboxylic acids is 1. The summed E-state index contributed by atoms with van der Waals surface area (Å²) >= 11 is 0. The number of carboxylic acids is 1. The number of aromatic nitrogens is 3. The number of rotatable bonds is 3. The molecular formula is C10H9N3O2. The molecule has 0 aliphatic heterocycles. The van der Waals surface area contributed by atoms with Crippen LogP contribution in [0.3, 0.4) is 0 Å². The molecule has 0 bridgehead atoms. The third-order valence-corrected chi connectivity index (χ3v) is 2.01. The van der Waals surface area contributed by atoms with E-state index in [0.717, 1.165) is 11.3 Å². The molecule has 2 aromatic rings. The Kier molecular flexibility index (Phi) is 2.45. The topological polar surface area (TPSA) is 68.0 Å². The Balaban J connectivity index is 2.21. The third kappa shape index (κ3) is 2.19. The highest BCUT2D eigenvalue weighted by molar-refractivity contribution is 5.70. The lowest BCUT2D eigenvalue weighted by molar-refractivity contribution is -0.136. The molecular weight excluding hydrogens is 194 g/mol. The van der Waals surface area contributed by atoms with E-state index < -0.39 is 5.97 Å². The minimum Gasteiger partial charge on any atom is -0.481 e. The zero-order valence-corrected chi connectivity index (χ0v) is 7.87. The summed E-state index contributed by atoms with van der Waals surface area (Å²) in [6.07, 6.45) is 3.22. The van der Waals surface area contributed by atoms with Gasteiger partial charge in [-0.3, -0.25) is 9.36 Å². The van der Waals surface area contributed by atoms with Crippen LogP contribution in [-0.2, 0) is 11.2 Å². The molecule has 1 heterocycles. The highest BCUT2D eigenvalue weighted by atomic mass is 16.4. The fourth-order valence-corrected chi connectivity index (χ4v) is 1.29. The second-order valence-electron chi connectivity index (χ2n) is 3.11. The standard InChI is InChI=1S/C10H9N3O2/c14-10(15)5-8-1-3-9(4-2-8)13-6-11-12-7-13/h1-4,6-7H,5H2,(H,14,15). The first kappa shape index (κ1) is 9.39. The van der Waals surface area contributed by atoms with E-state index in [4.69, 9.17) is 5.11 Å². The van der Waals surface area contributed by atoms with Crippen LogP contribution < -0.4 is 0 Å². The maximum atomic E-state index is 10.5. The van der Waals surface area contributed by atoms with Gasteiger partial charge in [0, 0.05) is 5.69 Å². The lowest BCUT2D eigenvalue weighted by Crippen LogP contribution is -2.00. The fraction of sp³-hybridized carbons (Fsp3) is 0.100. The van der Waals surface area contributed by atoms with Crippen LogP contribution in [0, 0.1) is 0 Å². The molecule has 5 nitrogen and oxygen atoms in total. The van der Waals surface area contributed by atoms with Crippen molar-refractivity contribution in [2.24, 2.45) is 0 Å². The van der Waals surface area contributed by atoms with Crippen LogP contribution in [0.1, 0.15) is 5.56 Å². The highest BCUT2D eigenvalue weighted by Gasteiger charge is 2.00. The quantitative estimate of drug-likeness (QED) is 0.804. The summed E-state index contributed by atoms with van der Waals surface area (Å²) < 4.78 is 1.75. The predicted octanol–water partition coefficient (Wildman–Crippen LogP) is 0.894. The van der Waals surface area contributed by atoms with Crippen molar-refractivity contribution in [1.82, 2.24) is 14.8 Å². The summed E-state index contributed by atoms with van der Waals surface area (Å²) in [5.41, 5.74) is 1.69. The van der Waals surface area contributed by atoms with Crippen molar-refractivity contribution in [3.05, 3.63) is 42.5 Å². The van der Waals surface area contributed by atoms with E-state index in [2.05, 4.69) is 10.2 Å². The number of carboxylic acid groups (broad SMARTS) is 1. The van der Waals surface area contributed by atoms with E-state index in [1.165, 1.54) is 0 Å². The molecule has 0 aliphatic carbocycles. The minimum absolute atomic E-state index is 0.0441. The average Bonchev–Trinajstić information content (AvgIpc) is 2.71. The molecule has 0 spiro atoms. The van der Waals surface area contributed by atoms with E-state index in [1.54, 1.807) is 29.4 Å². The van der Waals surface area contributed by atoms with Crippen LogP contribution in [0.2, 0.25) is 0 Å². The molecule has 15 heavy (non-hydrogen) atoms. The van der Waals surface area contributed by atoms with Gasteiger partial charge in [-0.05, 0) is 17.7 Å². The van der Waals surface area contributed by atoms with Crippen molar-refractivity contribution >= 4 is 5.97 Å². The third-order valence-electron chi connectivity index (χ3n) is 2.01. The SMILES string of the molecule is O=C(O)Cc1ccc(-n2cnnc2)cc1. The van der Waals surface area contributed by atoms with Crippen LogP contribution >= 0.6 is 0 Å². The van der Waals surface area contributed by atoms with Gasteiger partial charge in [0.2, 0.25) is 0 Å². The van der Waals surface area contributed by atoms with Gasteiger partial charge in [0.1, 0.15) is 12.7 Å². The molecule has 0 atom stereocenters. The monoisotopic (exact) mass is 203 g/mol. The fourth-order valence-electron chi connectivity index (χ4n) is 1.29. The molecule has 0 radical (unpaired) electrons. The number of nitrogens with zero attached hydrogens (tertiary/aromatic N) is 3. The Morgan fingerprint density at radius 3 is 2.33 bits per heavy atom. The largest absolute Gasteiger partial charge is 0.481 e. The maximum absolute atomic E-state index is 10.5. The summed E-state index contributed by atoms with van der Waals surface area (Å²) in [7, 11) is 0. The number of hydrogen-bond acceptors (Lipinski definition) is 3. The molecule has 0 saturated heterocycles. The Labute approximate surface area is 86.0 Å². The molecule has 1 aromatic carbocycles. The Hall–Kier alpha value is -2.17. The first-order chi connectivity index (χ1) is 7.25. The predicted molar refractivity (Wildman–Crippen MR) is 52.7 cm³/mol. The second kappa shape index (κ2) is 3.91. The van der Waals surface area contributed by atoms with Gasteiger partial charge in [0.05, 0.1) is 6.42 Å². The molecule has 0 fully saturated rings. The van der Waals surface area contributed by atoms with Crippen molar-refractivity contribution in [3.8, 4) is 5.69 Å². The van der Waals surface area contributed by atoms with Gasteiger partial charge in [0.25, 0.3) is 0 Å². The van der Waals surface area contributed by atoms with Crippen molar-refractivity contribution < 1.29 is 9.90 Å². The first-order valence-electron chi connectivity index (χ1n) is 4.41. The van der Waals surface area contributed by atoms with E-state index in [-0.39, 0.29) is 6.42 Å². The number of benzene rings is 1. The van der Waals surface area contributed by atoms with Gasteiger partial charge in [-0.2, -0.15) is 0 Å². The maximum Gasteiger partial charge on any atom is 0.307 e. The van der Waals surface area contributed by atoms with Gasteiger partial charge in [-0.1, -0.05) is 12.1 Å². The molecule has 1 aromatic heterocycles. The van der Waals surface area contributed by atoms with E-state index in [0.29, 0.717) is 0 Å². The zero-order valence-electron chi connectivity index (χ0n) is 7.87. The molecule has 1 N–H and O–H groups in total.